The number of rotatable bonds is 5. The summed E-state index contributed by atoms with van der Waals surface area (Å²) in [6.45, 7) is 4.35. The Morgan fingerprint density at radius 3 is 2.86 bits per heavy atom. The van der Waals surface area contributed by atoms with Crippen LogP contribution in [0.2, 0.25) is 0 Å². The van der Waals surface area contributed by atoms with E-state index in [1.807, 2.05) is 13.8 Å². The summed E-state index contributed by atoms with van der Waals surface area (Å²) in [4.78, 5) is 43.0. The van der Waals surface area contributed by atoms with E-state index >= 15 is 0 Å². The molecule has 0 aliphatic carbocycles. The molecule has 1 amide bonds. The summed E-state index contributed by atoms with van der Waals surface area (Å²) in [5.41, 5.74) is 0.294. The van der Waals surface area contributed by atoms with E-state index in [2.05, 4.69) is 15.3 Å². The molecule has 118 valence electrons. The lowest BCUT2D eigenvalue weighted by atomic mass is 10.2. The lowest BCUT2D eigenvalue weighted by Crippen LogP contribution is -2.36. The van der Waals surface area contributed by atoms with Crippen molar-refractivity contribution in [2.24, 2.45) is 7.05 Å². The average Bonchev–Trinajstić information content (AvgIpc) is 2.86. The van der Waals surface area contributed by atoms with Gasteiger partial charge in [0.2, 0.25) is 5.91 Å². The van der Waals surface area contributed by atoms with E-state index in [1.165, 1.54) is 13.2 Å². The van der Waals surface area contributed by atoms with Crippen LogP contribution in [0.4, 0.5) is 0 Å². The van der Waals surface area contributed by atoms with Crippen LogP contribution in [0.3, 0.4) is 0 Å². The van der Waals surface area contributed by atoms with Gasteiger partial charge in [0.25, 0.3) is 5.56 Å². The number of aromatic amines is 1. The van der Waals surface area contributed by atoms with Crippen LogP contribution < -0.4 is 16.6 Å². The molecule has 0 spiro atoms. The number of hydrogen-bond donors (Lipinski definition) is 2. The minimum absolute atomic E-state index is 0.0668. The predicted octanol–water partition coefficient (Wildman–Crippen LogP) is 0.260. The van der Waals surface area contributed by atoms with Crippen molar-refractivity contribution >= 4 is 17.2 Å². The highest BCUT2D eigenvalue weighted by Crippen LogP contribution is 2.18. The van der Waals surface area contributed by atoms with E-state index in [0.29, 0.717) is 6.54 Å². The molecule has 2 aromatic heterocycles. The van der Waals surface area contributed by atoms with Gasteiger partial charge in [-0.3, -0.25) is 14.2 Å². The molecular weight excluding hydrogens is 304 g/mol. The zero-order chi connectivity index (χ0) is 16.3. The SMILES string of the molecule is CCc1nc(C)sc1CNC(=O)Cc1c[nH]c(=O)n(C)c1=O. The van der Waals surface area contributed by atoms with Crippen LogP contribution >= 0.6 is 11.3 Å². The maximum atomic E-state index is 12.0. The van der Waals surface area contributed by atoms with Gasteiger partial charge in [-0.05, 0) is 13.3 Å². The van der Waals surface area contributed by atoms with E-state index in [9.17, 15) is 14.4 Å². The summed E-state index contributed by atoms with van der Waals surface area (Å²) in [6.07, 6.45) is 2.04. The first-order chi connectivity index (χ1) is 10.4. The lowest BCUT2D eigenvalue weighted by molar-refractivity contribution is -0.120. The van der Waals surface area contributed by atoms with Crippen molar-refractivity contribution in [3.63, 3.8) is 0 Å². The second-order valence-electron chi connectivity index (χ2n) is 4.89. The van der Waals surface area contributed by atoms with Gasteiger partial charge in [0, 0.05) is 23.7 Å². The molecule has 0 saturated heterocycles. The Labute approximate surface area is 131 Å². The molecule has 0 bridgehead atoms. The number of thiazole rings is 1. The van der Waals surface area contributed by atoms with Crippen molar-refractivity contribution in [2.45, 2.75) is 33.2 Å². The van der Waals surface area contributed by atoms with E-state index < -0.39 is 11.2 Å². The highest BCUT2D eigenvalue weighted by atomic mass is 32.1. The number of amides is 1. The van der Waals surface area contributed by atoms with Gasteiger partial charge in [0.15, 0.2) is 0 Å². The van der Waals surface area contributed by atoms with Crippen LogP contribution in [0.25, 0.3) is 0 Å². The zero-order valence-corrected chi connectivity index (χ0v) is 13.5. The Balaban J connectivity index is 2.03. The molecule has 8 heteroatoms. The van der Waals surface area contributed by atoms with E-state index in [0.717, 1.165) is 26.6 Å². The number of aryl methyl sites for hydroxylation is 2. The molecule has 0 radical (unpaired) electrons. The minimum atomic E-state index is -0.498. The molecule has 0 fully saturated rings. The van der Waals surface area contributed by atoms with Crippen LogP contribution in [0, 0.1) is 6.92 Å². The quantitative estimate of drug-likeness (QED) is 0.825. The molecule has 22 heavy (non-hydrogen) atoms. The third-order valence-electron chi connectivity index (χ3n) is 3.27. The van der Waals surface area contributed by atoms with Gasteiger partial charge < -0.3 is 10.3 Å². The van der Waals surface area contributed by atoms with Gasteiger partial charge in [-0.2, -0.15) is 0 Å². The first-order valence-corrected chi connectivity index (χ1v) is 7.73. The van der Waals surface area contributed by atoms with Crippen molar-refractivity contribution in [3.05, 3.63) is 48.2 Å². The van der Waals surface area contributed by atoms with Gasteiger partial charge in [-0.1, -0.05) is 6.92 Å². The van der Waals surface area contributed by atoms with Gasteiger partial charge >= 0.3 is 5.69 Å². The molecule has 0 aliphatic heterocycles. The molecule has 2 rings (SSSR count). The van der Waals surface area contributed by atoms with Crippen molar-refractivity contribution < 1.29 is 4.79 Å². The molecule has 7 nitrogen and oxygen atoms in total. The highest BCUT2D eigenvalue weighted by Gasteiger charge is 2.12. The Morgan fingerprint density at radius 1 is 1.45 bits per heavy atom. The molecule has 0 aliphatic rings. The summed E-state index contributed by atoms with van der Waals surface area (Å²) in [7, 11) is 1.37. The first-order valence-electron chi connectivity index (χ1n) is 6.91. The topological polar surface area (TPSA) is 96.8 Å². The number of nitrogens with zero attached hydrogens (tertiary/aromatic N) is 2. The summed E-state index contributed by atoms with van der Waals surface area (Å²) >= 11 is 1.56. The van der Waals surface area contributed by atoms with Gasteiger partial charge in [0.05, 0.1) is 23.7 Å². The molecule has 0 atom stereocenters. The number of carbonyl (C=O) groups excluding carboxylic acids is 1. The number of H-pyrrole nitrogens is 1. The van der Waals surface area contributed by atoms with Crippen LogP contribution in [0.1, 0.15) is 28.1 Å². The van der Waals surface area contributed by atoms with Gasteiger partial charge in [-0.25, -0.2) is 9.78 Å². The molecule has 0 unspecified atom stereocenters. The summed E-state index contributed by atoms with van der Waals surface area (Å²) in [6, 6.07) is 0. The third kappa shape index (κ3) is 3.51. The third-order valence-corrected chi connectivity index (χ3v) is 4.28. The van der Waals surface area contributed by atoms with E-state index in [1.54, 1.807) is 11.3 Å². The Morgan fingerprint density at radius 2 is 2.18 bits per heavy atom. The van der Waals surface area contributed by atoms with Crippen LogP contribution in [0.15, 0.2) is 15.8 Å². The fourth-order valence-electron chi connectivity index (χ4n) is 2.08. The van der Waals surface area contributed by atoms with Crippen LogP contribution in [0.5, 0.6) is 0 Å². The summed E-state index contributed by atoms with van der Waals surface area (Å²) in [5, 5.41) is 3.76. The molecule has 0 aromatic carbocycles. The highest BCUT2D eigenvalue weighted by molar-refractivity contribution is 7.11. The monoisotopic (exact) mass is 322 g/mol. The van der Waals surface area contributed by atoms with Crippen molar-refractivity contribution in [2.75, 3.05) is 0 Å². The summed E-state index contributed by atoms with van der Waals surface area (Å²) in [5.74, 6) is -0.266. The number of nitrogens with one attached hydrogen (secondary N) is 2. The molecular formula is C14H18N4O3S. The second kappa shape index (κ2) is 6.69. The first kappa shape index (κ1) is 16.2. The van der Waals surface area contributed by atoms with Crippen LogP contribution in [-0.2, 0) is 31.2 Å². The smallest absolute Gasteiger partial charge is 0.328 e. The lowest BCUT2D eigenvalue weighted by Gasteiger charge is -2.05. The fraction of sp³-hybridized carbons (Fsp3) is 0.429. The number of hydrogen-bond acceptors (Lipinski definition) is 5. The normalized spacial score (nSPS) is 10.7. The maximum absolute atomic E-state index is 12.0. The Hall–Kier alpha value is -2.22. The van der Waals surface area contributed by atoms with Crippen molar-refractivity contribution in [3.8, 4) is 0 Å². The van der Waals surface area contributed by atoms with E-state index in [-0.39, 0.29) is 17.9 Å². The molecule has 2 heterocycles. The minimum Gasteiger partial charge on any atom is -0.351 e. The fourth-order valence-corrected chi connectivity index (χ4v) is 3.05. The molecule has 2 aromatic rings. The van der Waals surface area contributed by atoms with Crippen LogP contribution in [-0.4, -0.2) is 20.4 Å². The molecule has 2 N–H and O–H groups in total. The second-order valence-corrected chi connectivity index (χ2v) is 6.18. The standard InChI is InChI=1S/C14H18N4O3S/c1-4-10-11(22-8(2)17-10)7-15-12(19)5-9-6-16-14(21)18(3)13(9)20/h6H,4-5,7H2,1-3H3,(H,15,19)(H,16,21). The maximum Gasteiger partial charge on any atom is 0.328 e. The average molecular weight is 322 g/mol. The van der Waals surface area contributed by atoms with Crippen molar-refractivity contribution in [1.29, 1.82) is 0 Å². The number of aromatic nitrogens is 3. The largest absolute Gasteiger partial charge is 0.351 e. The predicted molar refractivity (Wildman–Crippen MR) is 84.1 cm³/mol. The van der Waals surface area contributed by atoms with Gasteiger partial charge in [-0.15, -0.1) is 11.3 Å². The van der Waals surface area contributed by atoms with Gasteiger partial charge in [0.1, 0.15) is 0 Å². The zero-order valence-electron chi connectivity index (χ0n) is 12.7. The number of carbonyl (C=O) groups is 1. The summed E-state index contributed by atoms with van der Waals surface area (Å²) < 4.78 is 0.949. The molecule has 0 saturated carbocycles. The Bertz CT molecular complexity index is 803. The Kier molecular flexibility index (Phi) is 4.92. The van der Waals surface area contributed by atoms with E-state index in [4.69, 9.17) is 0 Å². The van der Waals surface area contributed by atoms with Crippen molar-refractivity contribution in [1.82, 2.24) is 19.9 Å².